The van der Waals surface area contributed by atoms with Crippen LogP contribution in [-0.4, -0.2) is 44.3 Å². The lowest BCUT2D eigenvalue weighted by Crippen LogP contribution is -2.37. The van der Waals surface area contributed by atoms with Gasteiger partial charge in [0.25, 0.3) is 0 Å². The molecule has 5 rings (SSSR count). The number of alkyl halides is 3. The average Bonchev–Trinajstić information content (AvgIpc) is 3.53. The third-order valence-corrected chi connectivity index (χ3v) is 6.77. The fourth-order valence-electron chi connectivity index (χ4n) is 4.27. The molecule has 0 bridgehead atoms. The third-order valence-electron chi connectivity index (χ3n) is 5.67. The number of hydrogen-bond acceptors (Lipinski definition) is 5. The lowest BCUT2D eigenvalue weighted by molar-refractivity contribution is 0.0564. The summed E-state index contributed by atoms with van der Waals surface area (Å²) >= 11 is 7.67. The predicted molar refractivity (Wildman–Crippen MR) is 120 cm³/mol. The molecule has 0 unspecified atom stereocenters. The smallest absolute Gasteiger partial charge is 0.324 e. The molecule has 0 radical (unpaired) electrons. The summed E-state index contributed by atoms with van der Waals surface area (Å²) in [4.78, 5) is 14.0. The van der Waals surface area contributed by atoms with Crippen LogP contribution in [0.15, 0.2) is 52.7 Å². The van der Waals surface area contributed by atoms with Crippen molar-refractivity contribution in [1.29, 1.82) is 0 Å². The maximum Gasteiger partial charge on any atom is 0.333 e. The van der Waals surface area contributed by atoms with Gasteiger partial charge in [0.05, 0.1) is 12.2 Å². The van der Waals surface area contributed by atoms with Crippen LogP contribution in [0.25, 0.3) is 10.4 Å². The van der Waals surface area contributed by atoms with Crippen molar-refractivity contribution in [3.8, 4) is 0 Å². The summed E-state index contributed by atoms with van der Waals surface area (Å²) in [5, 5.41) is 6.35. The van der Waals surface area contributed by atoms with Gasteiger partial charge < -0.3 is 9.74 Å². The van der Waals surface area contributed by atoms with Gasteiger partial charge in [-0.25, -0.2) is 25.0 Å². The van der Waals surface area contributed by atoms with E-state index in [1.165, 1.54) is 29.5 Å². The van der Waals surface area contributed by atoms with Crippen LogP contribution in [0.3, 0.4) is 0 Å². The monoisotopic (exact) mass is 506 g/mol. The van der Waals surface area contributed by atoms with Crippen LogP contribution in [-0.2, 0) is 0 Å². The fraction of sp³-hybridized carbons (Fsp3) is 0.273. The molecule has 1 saturated heterocycles. The number of aliphatic imine (C=N–C) groups is 1. The van der Waals surface area contributed by atoms with E-state index in [1.807, 2.05) is 0 Å². The number of nitrogens with zero attached hydrogens (tertiary/aromatic N) is 6. The first-order valence-corrected chi connectivity index (χ1v) is 11.3. The molecule has 0 amide bonds. The van der Waals surface area contributed by atoms with Crippen LogP contribution in [0.4, 0.5) is 17.6 Å². The van der Waals surface area contributed by atoms with Crippen LogP contribution >= 0.6 is 22.9 Å². The van der Waals surface area contributed by atoms with E-state index in [2.05, 4.69) is 14.9 Å². The highest BCUT2D eigenvalue weighted by Gasteiger charge is 2.50. The van der Waals surface area contributed by atoms with Gasteiger partial charge in [0.1, 0.15) is 11.9 Å². The van der Waals surface area contributed by atoms with Gasteiger partial charge in [0.2, 0.25) is 12.2 Å². The Morgan fingerprint density at radius 1 is 1.32 bits per heavy atom. The summed E-state index contributed by atoms with van der Waals surface area (Å²) in [7, 11) is 0. The Labute approximate surface area is 200 Å². The topological polar surface area (TPSA) is 50.7 Å². The van der Waals surface area contributed by atoms with Crippen molar-refractivity contribution in [3.63, 3.8) is 0 Å². The van der Waals surface area contributed by atoms with Gasteiger partial charge in [-0.15, -0.1) is 11.3 Å². The number of hydrogen-bond donors (Lipinski definition) is 0. The van der Waals surface area contributed by atoms with Gasteiger partial charge in [-0.1, -0.05) is 17.7 Å². The minimum absolute atomic E-state index is 0.0812. The molecule has 4 heterocycles. The highest BCUT2D eigenvalue weighted by atomic mass is 35.5. The molecule has 12 heteroatoms. The molecule has 2 aromatic heterocycles. The van der Waals surface area contributed by atoms with Crippen molar-refractivity contribution in [1.82, 2.24) is 19.7 Å². The Morgan fingerprint density at radius 2 is 2.15 bits per heavy atom. The molecule has 1 fully saturated rings. The lowest BCUT2D eigenvalue weighted by Gasteiger charge is -2.32. The number of halogens is 5. The molecule has 2 aliphatic heterocycles. The first-order chi connectivity index (χ1) is 16.3. The van der Waals surface area contributed by atoms with Gasteiger partial charge in [-0.05, 0) is 18.2 Å². The van der Waals surface area contributed by atoms with Gasteiger partial charge >= 0.3 is 6.55 Å². The quantitative estimate of drug-likeness (QED) is 0.326. The van der Waals surface area contributed by atoms with Crippen molar-refractivity contribution < 1.29 is 17.6 Å². The van der Waals surface area contributed by atoms with Crippen LogP contribution in [0.1, 0.15) is 35.3 Å². The molecule has 174 valence electrons. The number of rotatable bonds is 5. The first kappa shape index (κ1) is 22.6. The van der Waals surface area contributed by atoms with Gasteiger partial charge in [0, 0.05) is 46.1 Å². The number of amidine groups is 1. The van der Waals surface area contributed by atoms with Crippen molar-refractivity contribution in [3.05, 3.63) is 86.3 Å². The Kier molecular flexibility index (Phi) is 5.65. The second-order valence-corrected chi connectivity index (χ2v) is 9.21. The molecule has 6 nitrogen and oxygen atoms in total. The average molecular weight is 507 g/mol. The Morgan fingerprint density at radius 3 is 2.79 bits per heavy atom. The van der Waals surface area contributed by atoms with Gasteiger partial charge in [0.15, 0.2) is 10.8 Å². The van der Waals surface area contributed by atoms with E-state index in [4.69, 9.17) is 23.2 Å². The zero-order valence-corrected chi connectivity index (χ0v) is 18.9. The van der Waals surface area contributed by atoms with Crippen LogP contribution in [0.2, 0.25) is 5.02 Å². The summed E-state index contributed by atoms with van der Waals surface area (Å²) in [5.74, 6) is -0.177. The molecule has 0 N–H and O–H groups in total. The first-order valence-electron chi connectivity index (χ1n) is 10.1. The van der Waals surface area contributed by atoms with E-state index in [0.29, 0.717) is 32.4 Å². The second-order valence-electron chi connectivity index (χ2n) is 7.91. The molecule has 3 aromatic rings. The van der Waals surface area contributed by atoms with Crippen molar-refractivity contribution in [2.45, 2.75) is 24.7 Å². The van der Waals surface area contributed by atoms with Crippen molar-refractivity contribution in [2.75, 3.05) is 13.1 Å². The molecule has 0 aliphatic carbocycles. The predicted octanol–water partition coefficient (Wildman–Crippen LogP) is 5.77. The van der Waals surface area contributed by atoms with Crippen molar-refractivity contribution in [2.24, 2.45) is 4.99 Å². The molecule has 2 atom stereocenters. The van der Waals surface area contributed by atoms with E-state index in [0.717, 1.165) is 12.3 Å². The van der Waals surface area contributed by atoms with Gasteiger partial charge in [-0.2, -0.15) is 13.9 Å². The SMILES string of the molecule is [C-]#[N+]C[C@]1(F)CC2=C(c3ccn(C(F)F)n3)[C@H](c3ccc(F)cc3Cl)N=C(c3nccs3)N2C1. The minimum Gasteiger partial charge on any atom is -0.324 e. The van der Waals surface area contributed by atoms with Crippen LogP contribution in [0, 0.1) is 12.4 Å². The Balaban J connectivity index is 1.76. The van der Waals surface area contributed by atoms with Crippen LogP contribution < -0.4 is 0 Å². The minimum atomic E-state index is -2.87. The van der Waals surface area contributed by atoms with Gasteiger partial charge in [-0.3, -0.25) is 4.99 Å². The number of allylic oxidation sites excluding steroid dienone is 1. The van der Waals surface area contributed by atoms with Crippen molar-refractivity contribution >= 4 is 34.3 Å². The summed E-state index contributed by atoms with van der Waals surface area (Å²) in [5.41, 5.74) is -0.478. The Hall–Kier alpha value is -3.23. The zero-order chi connectivity index (χ0) is 24.0. The van der Waals surface area contributed by atoms with E-state index < -0.39 is 24.1 Å². The Bertz CT molecular complexity index is 1350. The highest BCUT2D eigenvalue weighted by molar-refractivity contribution is 7.11. The summed E-state index contributed by atoms with van der Waals surface area (Å²) < 4.78 is 56.6. The van der Waals surface area contributed by atoms with E-state index in [1.54, 1.807) is 16.5 Å². The number of benzene rings is 1. The third kappa shape index (κ3) is 3.86. The fourth-order valence-corrected chi connectivity index (χ4v) is 5.18. The number of fused-ring (bicyclic) bond motifs is 1. The zero-order valence-electron chi connectivity index (χ0n) is 17.3. The number of aromatic nitrogens is 3. The molecule has 1 aromatic carbocycles. The largest absolute Gasteiger partial charge is 0.333 e. The molecule has 0 spiro atoms. The van der Waals surface area contributed by atoms with E-state index in [-0.39, 0.29) is 30.2 Å². The normalized spacial score (nSPS) is 22.2. The summed E-state index contributed by atoms with van der Waals surface area (Å²) in [6, 6.07) is 4.33. The lowest BCUT2D eigenvalue weighted by atomic mass is 9.91. The van der Waals surface area contributed by atoms with Crippen LogP contribution in [0.5, 0.6) is 0 Å². The highest BCUT2D eigenvalue weighted by Crippen LogP contribution is 2.48. The molecule has 2 aliphatic rings. The molecular formula is C22H15ClF4N6S. The standard InChI is InChI=1S/C22H15ClF4N6S/c1-28-10-22(27)9-16-17(15-4-6-33(31-15)21(25)26)18(13-3-2-12(24)8-14(13)23)30-19(32(16)11-22)20-29-5-7-34-20/h2-8,18,21H,9-11H2/t18-,22+/m0/s1. The second kappa shape index (κ2) is 8.52. The summed E-state index contributed by atoms with van der Waals surface area (Å²) in [6.45, 7) is 3.80. The maximum atomic E-state index is 15.7. The number of thiazole rings is 1. The molecule has 34 heavy (non-hydrogen) atoms. The molecule has 0 saturated carbocycles. The van der Waals surface area contributed by atoms with E-state index >= 15 is 4.39 Å². The van der Waals surface area contributed by atoms with E-state index in [9.17, 15) is 13.2 Å². The summed E-state index contributed by atoms with van der Waals surface area (Å²) in [6.07, 6.45) is 2.56. The molecular weight excluding hydrogens is 492 g/mol. The maximum absolute atomic E-state index is 15.7.